The molecule has 57 heavy (non-hydrogen) atoms. The molecule has 1 heterocycles. The zero-order valence-electron chi connectivity index (χ0n) is 34.8. The molecule has 4 fully saturated rings. The van der Waals surface area contributed by atoms with Crippen LogP contribution in [0, 0.1) is 39.4 Å². The Morgan fingerprint density at radius 1 is 0.912 bits per heavy atom. The summed E-state index contributed by atoms with van der Waals surface area (Å²) in [6.45, 7) is 14.9. The number of carbonyl (C=O) groups is 2. The van der Waals surface area contributed by atoms with E-state index in [1.165, 1.54) is 13.0 Å². The molecule has 7 N–H and O–H groups in total. The van der Waals surface area contributed by atoms with Crippen molar-refractivity contribution in [3.8, 4) is 0 Å². The van der Waals surface area contributed by atoms with E-state index in [0.717, 1.165) is 17.6 Å². The summed E-state index contributed by atoms with van der Waals surface area (Å²) in [7, 11) is 0. The number of aliphatic hydroxyl groups excluding tert-OH is 5. The van der Waals surface area contributed by atoms with Crippen LogP contribution in [-0.4, -0.2) is 114 Å². The highest BCUT2D eigenvalue weighted by molar-refractivity contribution is 5.87. The van der Waals surface area contributed by atoms with E-state index >= 15 is 0 Å². The summed E-state index contributed by atoms with van der Waals surface area (Å²) >= 11 is 0. The van der Waals surface area contributed by atoms with E-state index in [-0.39, 0.29) is 35.9 Å². The monoisotopic (exact) mass is 798 g/mol. The van der Waals surface area contributed by atoms with E-state index in [9.17, 15) is 45.3 Å². The van der Waals surface area contributed by atoms with Crippen LogP contribution in [0.15, 0.2) is 48.1 Å². The van der Waals surface area contributed by atoms with Gasteiger partial charge in [0.2, 0.25) is 0 Å². The molecular weight excluding hydrogens is 732 g/mol. The number of Topliss-reactive ketones (excluding diaryl/α,β-unsaturated/α-hetero) is 1. The van der Waals surface area contributed by atoms with Crippen molar-refractivity contribution in [2.24, 2.45) is 39.4 Å². The molecule has 1 aromatic carbocycles. The standard InChI is InChI=1S/C45H66O12/c1-40(2,53)19-18-32(47)45(8,54)37-28(46)23-44(7)31-16-15-26-27(42(31,5)20-21-43(37,44)6)22-29(38(52)41(26,3)4)56-39-36(51)35(50)34(49)30(57-39)24-55-33(48)17-14-25-12-10-9-11-13-25/h9-15,17,27-31,34-39,46,49-54H,16,18-24H2,1-8H3/b17-14+/t27-,28-,29+,30-,31-,34-,35+,36-,37+,38+,39-,42+,43-,44+,45+/m1/s1. The Morgan fingerprint density at radius 2 is 1.58 bits per heavy atom. The number of ketones is 1. The third-order valence-electron chi connectivity index (χ3n) is 15.5. The predicted octanol–water partition coefficient (Wildman–Crippen LogP) is 3.85. The molecular formula is C45H66O12. The Balaban J connectivity index is 1.21. The molecule has 3 saturated carbocycles. The fraction of sp³-hybridized carbons (Fsp3) is 0.733. The van der Waals surface area contributed by atoms with Crippen molar-refractivity contribution < 1.29 is 59.5 Å². The van der Waals surface area contributed by atoms with E-state index in [0.29, 0.717) is 25.7 Å². The molecule has 1 aliphatic heterocycles. The largest absolute Gasteiger partial charge is 0.460 e. The maximum atomic E-state index is 13.6. The fourth-order valence-electron chi connectivity index (χ4n) is 12.0. The molecule has 0 amide bonds. The van der Waals surface area contributed by atoms with Crippen LogP contribution in [0.3, 0.4) is 0 Å². The van der Waals surface area contributed by atoms with Gasteiger partial charge >= 0.3 is 5.97 Å². The summed E-state index contributed by atoms with van der Waals surface area (Å²) in [6, 6.07) is 9.17. The minimum absolute atomic E-state index is 0.00594. The summed E-state index contributed by atoms with van der Waals surface area (Å²) in [4.78, 5) is 26.1. The Morgan fingerprint density at radius 3 is 2.23 bits per heavy atom. The summed E-state index contributed by atoms with van der Waals surface area (Å²) < 4.78 is 17.7. The second kappa shape index (κ2) is 15.5. The Hall–Kier alpha value is -2.52. The minimum atomic E-state index is -1.80. The molecule has 0 unspecified atom stereocenters. The number of carbonyl (C=O) groups excluding carboxylic acids is 2. The first-order valence-corrected chi connectivity index (χ1v) is 20.7. The van der Waals surface area contributed by atoms with Gasteiger partial charge in [0.1, 0.15) is 36.6 Å². The quantitative estimate of drug-likeness (QED) is 0.0970. The van der Waals surface area contributed by atoms with Crippen molar-refractivity contribution in [2.75, 3.05) is 6.61 Å². The van der Waals surface area contributed by atoms with Crippen LogP contribution in [0.1, 0.15) is 106 Å². The van der Waals surface area contributed by atoms with Crippen LogP contribution in [-0.2, 0) is 23.8 Å². The van der Waals surface area contributed by atoms with Crippen molar-refractivity contribution in [1.29, 1.82) is 0 Å². The van der Waals surface area contributed by atoms with Crippen LogP contribution in [0.5, 0.6) is 0 Å². The molecule has 6 rings (SSSR count). The van der Waals surface area contributed by atoms with Gasteiger partial charge < -0.3 is 50.0 Å². The smallest absolute Gasteiger partial charge is 0.330 e. The number of rotatable bonds is 11. The molecule has 5 aliphatic rings. The minimum Gasteiger partial charge on any atom is -0.460 e. The zero-order chi connectivity index (χ0) is 42.1. The van der Waals surface area contributed by atoms with Crippen LogP contribution in [0.25, 0.3) is 6.08 Å². The molecule has 12 nitrogen and oxygen atoms in total. The molecule has 15 atom stereocenters. The Kier molecular flexibility index (Phi) is 12.0. The van der Waals surface area contributed by atoms with Crippen molar-refractivity contribution in [3.63, 3.8) is 0 Å². The van der Waals surface area contributed by atoms with Gasteiger partial charge in [0.05, 0.1) is 23.9 Å². The average molecular weight is 799 g/mol. The molecule has 1 saturated heterocycles. The lowest BCUT2D eigenvalue weighted by molar-refractivity contribution is -0.324. The van der Waals surface area contributed by atoms with E-state index in [4.69, 9.17) is 14.2 Å². The van der Waals surface area contributed by atoms with E-state index in [1.54, 1.807) is 19.9 Å². The molecule has 4 aliphatic carbocycles. The molecule has 0 radical (unpaired) electrons. The highest BCUT2D eigenvalue weighted by atomic mass is 16.7. The summed E-state index contributed by atoms with van der Waals surface area (Å²) in [5.74, 6) is -1.83. The van der Waals surface area contributed by atoms with Gasteiger partial charge in [0, 0.05) is 23.8 Å². The number of ether oxygens (including phenoxy) is 3. The van der Waals surface area contributed by atoms with E-state index < -0.39 is 95.0 Å². The molecule has 12 heteroatoms. The van der Waals surface area contributed by atoms with Gasteiger partial charge in [0.15, 0.2) is 12.1 Å². The van der Waals surface area contributed by atoms with E-state index in [2.05, 4.69) is 26.8 Å². The van der Waals surface area contributed by atoms with Gasteiger partial charge in [0.25, 0.3) is 0 Å². The lowest BCUT2D eigenvalue weighted by Gasteiger charge is -2.66. The van der Waals surface area contributed by atoms with Crippen LogP contribution in [0.2, 0.25) is 0 Å². The Labute approximate surface area is 336 Å². The number of benzene rings is 1. The topological polar surface area (TPSA) is 203 Å². The van der Waals surface area contributed by atoms with Gasteiger partial charge in [-0.1, -0.05) is 76.6 Å². The lowest BCUT2D eigenvalue weighted by atomic mass is 9.38. The van der Waals surface area contributed by atoms with Gasteiger partial charge in [-0.2, -0.15) is 0 Å². The normalized spacial score (nSPS) is 42.6. The molecule has 1 aromatic rings. The fourth-order valence-corrected chi connectivity index (χ4v) is 12.0. The maximum absolute atomic E-state index is 13.6. The van der Waals surface area contributed by atoms with Gasteiger partial charge in [-0.05, 0) is 99.0 Å². The van der Waals surface area contributed by atoms with Crippen LogP contribution < -0.4 is 0 Å². The first kappa shape index (κ1) is 44.0. The first-order valence-electron chi connectivity index (χ1n) is 20.7. The highest BCUT2D eigenvalue weighted by Gasteiger charge is 2.72. The number of fused-ring (bicyclic) bond motifs is 5. The van der Waals surface area contributed by atoms with Crippen molar-refractivity contribution in [3.05, 3.63) is 53.6 Å². The zero-order valence-corrected chi connectivity index (χ0v) is 34.8. The number of hydrogen-bond donors (Lipinski definition) is 7. The van der Waals surface area contributed by atoms with Crippen molar-refractivity contribution >= 4 is 17.8 Å². The number of allylic oxidation sites excluding steroid dienone is 1. The van der Waals surface area contributed by atoms with Crippen LogP contribution >= 0.6 is 0 Å². The number of esters is 1. The van der Waals surface area contributed by atoms with Crippen molar-refractivity contribution in [1.82, 2.24) is 0 Å². The molecule has 318 valence electrons. The molecule has 0 aromatic heterocycles. The van der Waals surface area contributed by atoms with Crippen molar-refractivity contribution in [2.45, 2.75) is 161 Å². The summed E-state index contributed by atoms with van der Waals surface area (Å²) in [6.07, 6.45) is -2.30. The third kappa shape index (κ3) is 7.72. The number of hydrogen-bond acceptors (Lipinski definition) is 12. The van der Waals surface area contributed by atoms with Gasteiger partial charge in [-0.25, -0.2) is 4.79 Å². The second-order valence-corrected chi connectivity index (χ2v) is 19.9. The summed E-state index contributed by atoms with van der Waals surface area (Å²) in [5.41, 5.74) is -3.14. The highest BCUT2D eigenvalue weighted by Crippen LogP contribution is 2.75. The predicted molar refractivity (Wildman–Crippen MR) is 211 cm³/mol. The lowest BCUT2D eigenvalue weighted by Crippen LogP contribution is -2.64. The van der Waals surface area contributed by atoms with E-state index in [1.807, 2.05) is 44.2 Å². The first-order chi connectivity index (χ1) is 26.4. The molecule has 0 spiro atoms. The second-order valence-electron chi connectivity index (χ2n) is 19.9. The SMILES string of the molecule is CC(C)(O)CCC(=O)[C@](C)(O)[C@H]1[C@H](O)C[C@@]2(C)[C@@H]3CC=C4[C@@H](C[C@H](O[C@@H]5O[C@H](COC(=O)/C=C/c6ccccc6)[C@@H](O)[C@H](O)[C@H]5O)[C@H](O)C4(C)C)[C@]3(C)CC[C@]12C. The summed E-state index contributed by atoms with van der Waals surface area (Å²) in [5, 5.41) is 78.7. The Bertz CT molecular complexity index is 1700. The number of aliphatic hydroxyl groups is 7. The van der Waals surface area contributed by atoms with Gasteiger partial charge in [-0.3, -0.25) is 4.79 Å². The van der Waals surface area contributed by atoms with Gasteiger partial charge in [-0.15, -0.1) is 0 Å². The third-order valence-corrected chi connectivity index (χ3v) is 15.5. The van der Waals surface area contributed by atoms with Crippen LogP contribution in [0.4, 0.5) is 0 Å². The maximum Gasteiger partial charge on any atom is 0.330 e. The average Bonchev–Trinajstić information content (AvgIpc) is 3.36. The molecule has 0 bridgehead atoms.